The van der Waals surface area contributed by atoms with Crippen molar-refractivity contribution in [2.24, 2.45) is 5.92 Å². The van der Waals surface area contributed by atoms with Crippen LogP contribution in [0.15, 0.2) is 36.4 Å². The molecule has 0 amide bonds. The Balaban J connectivity index is 1.90. The first-order chi connectivity index (χ1) is 14.2. The van der Waals surface area contributed by atoms with Crippen LogP contribution in [0.2, 0.25) is 0 Å². The van der Waals surface area contributed by atoms with Gasteiger partial charge in [-0.15, -0.1) is 0 Å². The SMILES string of the molecule is Cc1cc(-c2c(C(C)C)c(NC3CC(C(=O)O)C3)nc3cc(O)ccc23)ccc1F. The summed E-state index contributed by atoms with van der Waals surface area (Å²) in [4.78, 5) is 15.9. The molecule has 30 heavy (non-hydrogen) atoms. The summed E-state index contributed by atoms with van der Waals surface area (Å²) in [5.74, 6) is -0.421. The molecule has 3 N–H and O–H groups in total. The Morgan fingerprint density at radius 2 is 1.93 bits per heavy atom. The molecule has 0 bridgehead atoms. The molecule has 1 fully saturated rings. The van der Waals surface area contributed by atoms with E-state index < -0.39 is 5.97 Å². The monoisotopic (exact) mass is 408 g/mol. The lowest BCUT2D eigenvalue weighted by molar-refractivity contribution is -0.144. The maximum Gasteiger partial charge on any atom is 0.306 e. The summed E-state index contributed by atoms with van der Waals surface area (Å²) in [6.45, 7) is 5.90. The summed E-state index contributed by atoms with van der Waals surface area (Å²) in [6, 6.07) is 10.2. The van der Waals surface area contributed by atoms with E-state index in [4.69, 9.17) is 4.98 Å². The van der Waals surface area contributed by atoms with E-state index in [1.807, 2.05) is 12.1 Å². The van der Waals surface area contributed by atoms with Crippen LogP contribution >= 0.6 is 0 Å². The lowest BCUT2D eigenvalue weighted by atomic mass is 9.80. The van der Waals surface area contributed by atoms with Gasteiger partial charge in [-0.05, 0) is 66.6 Å². The number of carboxylic acid groups (broad SMARTS) is 1. The van der Waals surface area contributed by atoms with Crippen molar-refractivity contribution >= 4 is 22.7 Å². The van der Waals surface area contributed by atoms with Crippen molar-refractivity contribution in [3.8, 4) is 16.9 Å². The van der Waals surface area contributed by atoms with Gasteiger partial charge in [0.05, 0.1) is 11.4 Å². The number of fused-ring (bicyclic) bond motifs is 1. The fraction of sp³-hybridized carbons (Fsp3) is 0.333. The third-order valence-corrected chi connectivity index (χ3v) is 5.86. The van der Waals surface area contributed by atoms with Crippen molar-refractivity contribution in [3.63, 3.8) is 0 Å². The van der Waals surface area contributed by atoms with E-state index in [2.05, 4.69) is 19.2 Å². The first-order valence-electron chi connectivity index (χ1n) is 10.2. The van der Waals surface area contributed by atoms with Crippen molar-refractivity contribution < 1.29 is 19.4 Å². The highest BCUT2D eigenvalue weighted by molar-refractivity contribution is 5.99. The topological polar surface area (TPSA) is 82.5 Å². The van der Waals surface area contributed by atoms with Gasteiger partial charge in [-0.3, -0.25) is 4.79 Å². The summed E-state index contributed by atoms with van der Waals surface area (Å²) >= 11 is 0. The molecule has 4 rings (SSSR count). The molecule has 1 aliphatic carbocycles. The highest BCUT2D eigenvalue weighted by Crippen LogP contribution is 2.42. The molecule has 156 valence electrons. The molecule has 1 aromatic heterocycles. The quantitative estimate of drug-likeness (QED) is 0.523. The van der Waals surface area contributed by atoms with Crippen LogP contribution in [0.25, 0.3) is 22.0 Å². The number of aromatic hydroxyl groups is 1. The van der Waals surface area contributed by atoms with Gasteiger partial charge in [0.25, 0.3) is 0 Å². The molecule has 0 atom stereocenters. The molecule has 0 spiro atoms. The van der Waals surface area contributed by atoms with Gasteiger partial charge in [0.1, 0.15) is 17.4 Å². The van der Waals surface area contributed by atoms with Gasteiger partial charge < -0.3 is 15.5 Å². The number of phenolic OH excluding ortho intramolecular Hbond substituents is 1. The first-order valence-corrected chi connectivity index (χ1v) is 10.2. The molecule has 0 saturated heterocycles. The number of aryl methyl sites for hydroxylation is 1. The predicted molar refractivity (Wildman–Crippen MR) is 115 cm³/mol. The fourth-order valence-electron chi connectivity index (χ4n) is 4.18. The predicted octanol–water partition coefficient (Wildman–Crippen LogP) is 5.45. The highest BCUT2D eigenvalue weighted by Gasteiger charge is 2.35. The van der Waals surface area contributed by atoms with Crippen LogP contribution in [0.3, 0.4) is 0 Å². The Kier molecular flexibility index (Phi) is 5.10. The lowest BCUT2D eigenvalue weighted by Gasteiger charge is -2.34. The van der Waals surface area contributed by atoms with E-state index in [-0.39, 0.29) is 29.4 Å². The average molecular weight is 408 g/mol. The number of phenols is 1. The average Bonchev–Trinajstić information content (AvgIpc) is 2.64. The Labute approximate surface area is 174 Å². The summed E-state index contributed by atoms with van der Waals surface area (Å²) in [5, 5.41) is 23.5. The second-order valence-corrected chi connectivity index (χ2v) is 8.42. The molecule has 1 heterocycles. The van der Waals surface area contributed by atoms with E-state index in [9.17, 15) is 19.4 Å². The molecule has 1 aliphatic rings. The third-order valence-electron chi connectivity index (χ3n) is 5.86. The maximum atomic E-state index is 13.9. The van der Waals surface area contributed by atoms with Crippen molar-refractivity contribution in [2.45, 2.75) is 45.6 Å². The van der Waals surface area contributed by atoms with Gasteiger partial charge in [-0.25, -0.2) is 9.37 Å². The number of hydrogen-bond acceptors (Lipinski definition) is 4. The van der Waals surface area contributed by atoms with Gasteiger partial charge in [0.15, 0.2) is 0 Å². The Bertz CT molecular complexity index is 1140. The number of carbonyl (C=O) groups is 1. The number of rotatable bonds is 5. The molecular weight excluding hydrogens is 383 g/mol. The second kappa shape index (κ2) is 7.59. The number of nitrogens with zero attached hydrogens (tertiary/aromatic N) is 1. The summed E-state index contributed by atoms with van der Waals surface area (Å²) < 4.78 is 13.9. The van der Waals surface area contributed by atoms with Crippen LogP contribution in [0.1, 0.15) is 43.7 Å². The van der Waals surface area contributed by atoms with Crippen LogP contribution in [0, 0.1) is 18.7 Å². The van der Waals surface area contributed by atoms with E-state index >= 15 is 0 Å². The summed E-state index contributed by atoms with van der Waals surface area (Å²) in [5.41, 5.74) is 4.03. The molecule has 6 heteroatoms. The highest BCUT2D eigenvalue weighted by atomic mass is 19.1. The second-order valence-electron chi connectivity index (χ2n) is 8.42. The Morgan fingerprint density at radius 1 is 1.20 bits per heavy atom. The molecular formula is C24H25FN2O3. The van der Waals surface area contributed by atoms with Crippen LogP contribution in [-0.4, -0.2) is 27.2 Å². The summed E-state index contributed by atoms with van der Waals surface area (Å²) in [7, 11) is 0. The summed E-state index contributed by atoms with van der Waals surface area (Å²) in [6.07, 6.45) is 1.11. The van der Waals surface area contributed by atoms with Crippen molar-refractivity contribution in [3.05, 3.63) is 53.3 Å². The van der Waals surface area contributed by atoms with E-state index in [1.54, 1.807) is 25.1 Å². The molecule has 0 radical (unpaired) electrons. The van der Waals surface area contributed by atoms with Crippen LogP contribution in [-0.2, 0) is 4.79 Å². The minimum absolute atomic E-state index is 0.0358. The number of nitrogens with one attached hydrogen (secondary N) is 1. The van der Waals surface area contributed by atoms with Crippen LogP contribution in [0.5, 0.6) is 5.75 Å². The van der Waals surface area contributed by atoms with Crippen LogP contribution < -0.4 is 5.32 Å². The number of pyridine rings is 1. The van der Waals surface area contributed by atoms with Crippen molar-refractivity contribution in [2.75, 3.05) is 5.32 Å². The molecule has 5 nitrogen and oxygen atoms in total. The normalized spacial score (nSPS) is 18.4. The molecule has 1 saturated carbocycles. The number of carboxylic acids is 1. The number of benzene rings is 2. The zero-order chi connectivity index (χ0) is 21.6. The number of halogens is 1. The molecule has 2 aromatic carbocycles. The first kappa shape index (κ1) is 20.1. The minimum Gasteiger partial charge on any atom is -0.508 e. The third kappa shape index (κ3) is 3.58. The molecule has 3 aromatic rings. The Hall–Kier alpha value is -3.15. The molecule has 0 aliphatic heterocycles. The minimum atomic E-state index is -0.768. The number of aromatic nitrogens is 1. The van der Waals surface area contributed by atoms with E-state index in [0.29, 0.717) is 29.7 Å². The smallest absolute Gasteiger partial charge is 0.306 e. The van der Waals surface area contributed by atoms with Gasteiger partial charge in [-0.1, -0.05) is 19.9 Å². The molecule has 0 unspecified atom stereocenters. The number of aliphatic carboxylic acids is 1. The largest absolute Gasteiger partial charge is 0.508 e. The number of anilines is 1. The van der Waals surface area contributed by atoms with Crippen molar-refractivity contribution in [1.29, 1.82) is 0 Å². The zero-order valence-electron chi connectivity index (χ0n) is 17.2. The lowest BCUT2D eigenvalue weighted by Crippen LogP contribution is -2.40. The van der Waals surface area contributed by atoms with Gasteiger partial charge in [0.2, 0.25) is 0 Å². The van der Waals surface area contributed by atoms with E-state index in [0.717, 1.165) is 22.1 Å². The van der Waals surface area contributed by atoms with Crippen molar-refractivity contribution in [1.82, 2.24) is 4.98 Å². The standard InChI is InChI=1S/C24H25FN2O3/c1-12(2)21-22(14-4-7-19(25)13(3)8-14)18-6-5-17(28)11-20(18)27-23(21)26-16-9-15(10-16)24(29)30/h4-8,11-12,15-16,28H,9-10H2,1-3H3,(H,26,27)(H,29,30). The van der Waals surface area contributed by atoms with Gasteiger partial charge in [-0.2, -0.15) is 0 Å². The number of hydrogen-bond donors (Lipinski definition) is 3. The van der Waals surface area contributed by atoms with E-state index in [1.165, 1.54) is 6.07 Å². The maximum absolute atomic E-state index is 13.9. The zero-order valence-corrected chi connectivity index (χ0v) is 17.2. The van der Waals surface area contributed by atoms with Gasteiger partial charge >= 0.3 is 5.97 Å². The Morgan fingerprint density at radius 3 is 2.57 bits per heavy atom. The van der Waals surface area contributed by atoms with Gasteiger partial charge in [0, 0.05) is 23.1 Å². The van der Waals surface area contributed by atoms with Crippen LogP contribution in [0.4, 0.5) is 10.2 Å². The fourth-order valence-corrected chi connectivity index (χ4v) is 4.18.